The van der Waals surface area contributed by atoms with E-state index in [1.807, 2.05) is 0 Å². The van der Waals surface area contributed by atoms with E-state index < -0.39 is 17.5 Å². The molecule has 4 N–H and O–H groups in total. The molecule has 11 nitrogen and oxygen atoms in total. The minimum absolute atomic E-state index is 0.00609. The van der Waals surface area contributed by atoms with Crippen LogP contribution in [0.25, 0.3) is 22.9 Å². The van der Waals surface area contributed by atoms with Gasteiger partial charge in [0.15, 0.2) is 23.3 Å². The first-order valence-electron chi connectivity index (χ1n) is 9.84. The molecule has 34 heavy (non-hydrogen) atoms. The van der Waals surface area contributed by atoms with Crippen molar-refractivity contribution in [3.05, 3.63) is 77.9 Å². The molecule has 0 spiro atoms. The lowest BCUT2D eigenvalue weighted by Crippen LogP contribution is -2.15. The molecule has 13 heteroatoms. The van der Waals surface area contributed by atoms with E-state index >= 15 is 0 Å². The molecule has 1 aromatic carbocycles. The Bertz CT molecular complexity index is 1460. The van der Waals surface area contributed by atoms with Crippen LogP contribution in [-0.4, -0.2) is 41.0 Å². The fraction of sp³-hybridized carbons (Fsp3) is 0.0476. The summed E-state index contributed by atoms with van der Waals surface area (Å²) >= 11 is 0. The summed E-state index contributed by atoms with van der Waals surface area (Å²) in [6.07, 6.45) is 4.16. The molecule has 0 aliphatic carbocycles. The van der Waals surface area contributed by atoms with Gasteiger partial charge in [0.25, 0.3) is 5.91 Å². The monoisotopic (exact) mass is 463 g/mol. The number of aromatic nitrogens is 7. The van der Waals surface area contributed by atoms with E-state index in [1.165, 1.54) is 41.5 Å². The average Bonchev–Trinajstić information content (AvgIpc) is 3.60. The van der Waals surface area contributed by atoms with Crippen molar-refractivity contribution in [3.8, 4) is 22.9 Å². The first kappa shape index (κ1) is 20.9. The van der Waals surface area contributed by atoms with Gasteiger partial charge in [-0.15, -0.1) is 0 Å². The quantitative estimate of drug-likeness (QED) is 0.347. The minimum atomic E-state index is -0.969. The van der Waals surface area contributed by atoms with E-state index in [9.17, 15) is 13.6 Å². The van der Waals surface area contributed by atoms with Crippen molar-refractivity contribution in [3.63, 3.8) is 0 Å². The van der Waals surface area contributed by atoms with Crippen molar-refractivity contribution in [2.24, 2.45) is 0 Å². The average molecular weight is 463 g/mol. The zero-order valence-corrected chi connectivity index (χ0v) is 17.2. The smallest absolute Gasteiger partial charge is 0.273 e. The third kappa shape index (κ3) is 3.97. The van der Waals surface area contributed by atoms with Crippen LogP contribution in [0, 0.1) is 11.6 Å². The van der Waals surface area contributed by atoms with Crippen molar-refractivity contribution in [1.29, 1.82) is 0 Å². The molecule has 0 fully saturated rings. The third-order valence-electron chi connectivity index (χ3n) is 4.87. The summed E-state index contributed by atoms with van der Waals surface area (Å²) in [4.78, 5) is 20.7. The number of nitrogens with one attached hydrogen (secondary N) is 2. The van der Waals surface area contributed by atoms with E-state index in [2.05, 4.69) is 35.7 Å². The summed E-state index contributed by atoms with van der Waals surface area (Å²) in [6, 6.07) is 8.62. The van der Waals surface area contributed by atoms with Gasteiger partial charge in [0.2, 0.25) is 0 Å². The molecule has 1 amide bonds. The van der Waals surface area contributed by atoms with Gasteiger partial charge in [-0.3, -0.25) is 14.6 Å². The fourth-order valence-corrected chi connectivity index (χ4v) is 3.22. The number of amides is 1. The second-order valence-electron chi connectivity index (χ2n) is 7.09. The van der Waals surface area contributed by atoms with Crippen LogP contribution in [-0.2, 0) is 6.54 Å². The van der Waals surface area contributed by atoms with Gasteiger partial charge in [-0.2, -0.15) is 10.2 Å². The summed E-state index contributed by atoms with van der Waals surface area (Å²) < 4.78 is 34.3. The van der Waals surface area contributed by atoms with E-state index in [-0.39, 0.29) is 35.1 Å². The lowest BCUT2D eigenvalue weighted by atomic mass is 10.2. The molecule has 0 bridgehead atoms. The fourth-order valence-electron chi connectivity index (χ4n) is 3.22. The number of nitrogens with two attached hydrogens (primary N) is 1. The number of nitrogens with zero attached hydrogens (tertiary/aromatic N) is 6. The zero-order valence-electron chi connectivity index (χ0n) is 17.2. The Kier molecular flexibility index (Phi) is 5.26. The highest BCUT2D eigenvalue weighted by Gasteiger charge is 2.19. The Morgan fingerprint density at radius 2 is 2.09 bits per heavy atom. The number of carbonyl (C=O) groups excluding carboxylic acids is 1. The van der Waals surface area contributed by atoms with Gasteiger partial charge >= 0.3 is 0 Å². The van der Waals surface area contributed by atoms with Crippen molar-refractivity contribution in [2.75, 3.05) is 11.1 Å². The number of benzene rings is 1. The number of anilines is 2. The predicted octanol–water partition coefficient (Wildman–Crippen LogP) is 2.88. The number of rotatable bonds is 6. The van der Waals surface area contributed by atoms with Gasteiger partial charge in [0.1, 0.15) is 29.0 Å². The van der Waals surface area contributed by atoms with Crippen LogP contribution in [0.2, 0.25) is 0 Å². The van der Waals surface area contributed by atoms with Crippen LogP contribution in [0.1, 0.15) is 16.1 Å². The standard InChI is InChI=1S/C21H15F2N9O2/c22-12-3-1-2-11(18(12)23)10-32-17(13-5-7-34-31-13)8-15(30-32)20-25-9-16(19(24)28-20)27-21(33)14-4-6-26-29-14/h1-9H,10H2,(H,26,29)(H,27,33)(H2,24,25,28). The molecule has 0 aliphatic heterocycles. The second-order valence-corrected chi connectivity index (χ2v) is 7.09. The van der Waals surface area contributed by atoms with Crippen molar-refractivity contribution in [1.82, 2.24) is 35.1 Å². The van der Waals surface area contributed by atoms with Gasteiger partial charge in [-0.05, 0) is 18.2 Å². The summed E-state index contributed by atoms with van der Waals surface area (Å²) in [5, 5.41) is 17.2. The van der Waals surface area contributed by atoms with Crippen LogP contribution in [0.5, 0.6) is 0 Å². The molecule has 0 saturated carbocycles. The molecule has 0 radical (unpaired) electrons. The molecular formula is C21H15F2N9O2. The van der Waals surface area contributed by atoms with E-state index in [4.69, 9.17) is 10.3 Å². The topological polar surface area (TPSA) is 153 Å². The maximum atomic E-state index is 14.3. The van der Waals surface area contributed by atoms with Gasteiger partial charge in [0, 0.05) is 17.8 Å². The van der Waals surface area contributed by atoms with Gasteiger partial charge in [-0.25, -0.2) is 18.7 Å². The zero-order chi connectivity index (χ0) is 23.7. The highest BCUT2D eigenvalue weighted by atomic mass is 19.2. The van der Waals surface area contributed by atoms with Gasteiger partial charge in [-0.1, -0.05) is 17.3 Å². The van der Waals surface area contributed by atoms with E-state index in [0.29, 0.717) is 17.1 Å². The van der Waals surface area contributed by atoms with Crippen molar-refractivity contribution >= 4 is 17.4 Å². The number of hydrogen-bond donors (Lipinski definition) is 3. The van der Waals surface area contributed by atoms with Crippen LogP contribution >= 0.6 is 0 Å². The number of halogens is 2. The lowest BCUT2D eigenvalue weighted by molar-refractivity contribution is 0.102. The minimum Gasteiger partial charge on any atom is -0.382 e. The van der Waals surface area contributed by atoms with E-state index in [0.717, 1.165) is 6.07 Å². The van der Waals surface area contributed by atoms with Crippen LogP contribution < -0.4 is 11.1 Å². The normalized spacial score (nSPS) is 11.0. The van der Waals surface area contributed by atoms with Crippen molar-refractivity contribution in [2.45, 2.75) is 6.54 Å². The molecular weight excluding hydrogens is 448 g/mol. The number of carbonyl (C=O) groups is 1. The molecule has 0 aliphatic rings. The maximum Gasteiger partial charge on any atom is 0.273 e. The first-order valence-corrected chi connectivity index (χ1v) is 9.84. The summed E-state index contributed by atoms with van der Waals surface area (Å²) in [5.74, 6) is -2.23. The SMILES string of the molecule is Nc1nc(-c2cc(-c3ccon3)n(Cc3cccc(F)c3F)n2)ncc1NC(=O)c1ccn[nH]1. The molecule has 0 unspecified atom stereocenters. The Morgan fingerprint density at radius 3 is 2.82 bits per heavy atom. The van der Waals surface area contributed by atoms with Gasteiger partial charge in [0.05, 0.1) is 18.4 Å². The Labute approximate surface area is 189 Å². The Balaban J connectivity index is 1.48. The van der Waals surface area contributed by atoms with Crippen molar-refractivity contribution < 1.29 is 18.1 Å². The van der Waals surface area contributed by atoms with Crippen LogP contribution in [0.4, 0.5) is 20.3 Å². The molecule has 4 heterocycles. The molecule has 0 atom stereocenters. The number of nitrogen functional groups attached to an aromatic ring is 1. The largest absolute Gasteiger partial charge is 0.382 e. The summed E-state index contributed by atoms with van der Waals surface area (Å²) in [6.45, 7) is -0.0837. The summed E-state index contributed by atoms with van der Waals surface area (Å²) in [5.41, 5.74) is 7.73. The van der Waals surface area contributed by atoms with Crippen LogP contribution in [0.15, 0.2) is 59.6 Å². The van der Waals surface area contributed by atoms with Gasteiger partial charge < -0.3 is 15.6 Å². The highest BCUT2D eigenvalue weighted by molar-refractivity contribution is 6.04. The molecule has 5 aromatic rings. The Hall–Kier alpha value is -4.94. The number of hydrogen-bond acceptors (Lipinski definition) is 8. The molecule has 4 aromatic heterocycles. The molecule has 0 saturated heterocycles. The van der Waals surface area contributed by atoms with Crippen LogP contribution in [0.3, 0.4) is 0 Å². The number of H-pyrrole nitrogens is 1. The first-order chi connectivity index (χ1) is 16.5. The second kappa shape index (κ2) is 8.54. The molecule has 5 rings (SSSR count). The predicted molar refractivity (Wildman–Crippen MR) is 115 cm³/mol. The van der Waals surface area contributed by atoms with E-state index in [1.54, 1.807) is 12.1 Å². The lowest BCUT2D eigenvalue weighted by Gasteiger charge is -2.07. The summed E-state index contributed by atoms with van der Waals surface area (Å²) in [7, 11) is 0. The maximum absolute atomic E-state index is 14.3. The molecule has 170 valence electrons. The number of aromatic amines is 1. The highest BCUT2D eigenvalue weighted by Crippen LogP contribution is 2.27. The Morgan fingerprint density at radius 1 is 1.21 bits per heavy atom. The third-order valence-corrected chi connectivity index (χ3v) is 4.87.